The number of carbonyl (C=O) groups is 1. The number of nitrogens with zero attached hydrogens (tertiary/aromatic N) is 1. The van der Waals surface area contributed by atoms with Crippen LogP contribution in [0.15, 0.2) is 0 Å². The largest absolute Gasteiger partial charge is 0.389 e. The number of halogens is 3. The maximum absolute atomic E-state index is 12.0. The number of aromatic nitrogens is 1. The molecule has 1 aromatic heterocycles. The molecule has 19 heavy (non-hydrogen) atoms. The summed E-state index contributed by atoms with van der Waals surface area (Å²) in [4.78, 5) is 17.1. The van der Waals surface area contributed by atoms with Crippen molar-refractivity contribution in [3.8, 4) is 0 Å². The molecule has 0 aliphatic heterocycles. The SMILES string of the molecule is Cc1nc2c(s1)CCCC2NC(=O)CCC(F)(F)F. The van der Waals surface area contributed by atoms with Crippen molar-refractivity contribution in [3.63, 3.8) is 0 Å². The summed E-state index contributed by atoms with van der Waals surface area (Å²) in [5, 5.41) is 3.60. The number of amides is 1. The van der Waals surface area contributed by atoms with Crippen molar-refractivity contribution in [1.82, 2.24) is 10.3 Å². The summed E-state index contributed by atoms with van der Waals surface area (Å²) in [7, 11) is 0. The van der Waals surface area contributed by atoms with E-state index in [1.54, 1.807) is 11.3 Å². The number of rotatable bonds is 3. The van der Waals surface area contributed by atoms with E-state index in [4.69, 9.17) is 0 Å². The maximum atomic E-state index is 12.0. The van der Waals surface area contributed by atoms with E-state index >= 15 is 0 Å². The molecule has 2 rings (SSSR count). The van der Waals surface area contributed by atoms with Gasteiger partial charge in [0.15, 0.2) is 0 Å². The van der Waals surface area contributed by atoms with E-state index in [1.807, 2.05) is 6.92 Å². The monoisotopic (exact) mass is 292 g/mol. The highest BCUT2D eigenvalue weighted by Crippen LogP contribution is 2.33. The first kappa shape index (κ1) is 14.3. The minimum Gasteiger partial charge on any atom is -0.348 e. The fourth-order valence-corrected chi connectivity index (χ4v) is 3.24. The van der Waals surface area contributed by atoms with Gasteiger partial charge in [-0.15, -0.1) is 11.3 Å². The van der Waals surface area contributed by atoms with Gasteiger partial charge in [0.2, 0.25) is 5.91 Å². The molecule has 0 fully saturated rings. The lowest BCUT2D eigenvalue weighted by molar-refractivity contribution is -0.144. The zero-order valence-electron chi connectivity index (χ0n) is 10.5. The van der Waals surface area contributed by atoms with Crippen LogP contribution in [-0.2, 0) is 11.2 Å². The highest BCUT2D eigenvalue weighted by Gasteiger charge is 2.30. The number of alkyl halides is 3. The van der Waals surface area contributed by atoms with Gasteiger partial charge in [0, 0.05) is 11.3 Å². The number of hydrogen-bond acceptors (Lipinski definition) is 3. The van der Waals surface area contributed by atoms with E-state index < -0.39 is 24.9 Å². The number of fused-ring (bicyclic) bond motifs is 1. The Morgan fingerprint density at radius 2 is 2.26 bits per heavy atom. The predicted molar refractivity (Wildman–Crippen MR) is 66.0 cm³/mol. The Kier molecular flexibility index (Phi) is 4.13. The molecule has 1 amide bonds. The minimum absolute atomic E-state index is 0.227. The molecule has 106 valence electrons. The molecular formula is C12H15F3N2OS. The zero-order chi connectivity index (χ0) is 14.0. The topological polar surface area (TPSA) is 42.0 Å². The van der Waals surface area contributed by atoms with Crippen molar-refractivity contribution in [3.05, 3.63) is 15.6 Å². The van der Waals surface area contributed by atoms with Gasteiger partial charge in [0.1, 0.15) is 0 Å². The van der Waals surface area contributed by atoms with E-state index in [0.29, 0.717) is 0 Å². The van der Waals surface area contributed by atoms with Crippen molar-refractivity contribution in [2.24, 2.45) is 0 Å². The third kappa shape index (κ3) is 3.92. The van der Waals surface area contributed by atoms with Gasteiger partial charge < -0.3 is 5.32 Å². The molecule has 0 saturated carbocycles. The quantitative estimate of drug-likeness (QED) is 0.929. The van der Waals surface area contributed by atoms with E-state index in [0.717, 1.165) is 34.8 Å². The molecule has 0 radical (unpaired) electrons. The molecule has 0 spiro atoms. The van der Waals surface area contributed by atoms with Gasteiger partial charge in [-0.3, -0.25) is 4.79 Å². The Labute approximate surface area is 113 Å². The van der Waals surface area contributed by atoms with Gasteiger partial charge in [0.05, 0.1) is 23.2 Å². The van der Waals surface area contributed by atoms with E-state index in [9.17, 15) is 18.0 Å². The fraction of sp³-hybridized carbons (Fsp3) is 0.667. The first-order valence-electron chi connectivity index (χ1n) is 6.17. The first-order chi connectivity index (χ1) is 8.85. The average Bonchev–Trinajstić information content (AvgIpc) is 2.67. The van der Waals surface area contributed by atoms with Crippen LogP contribution in [0.1, 0.15) is 47.3 Å². The van der Waals surface area contributed by atoms with Crippen LogP contribution in [0.4, 0.5) is 13.2 Å². The third-order valence-corrected chi connectivity index (χ3v) is 4.08. The van der Waals surface area contributed by atoms with E-state index in [-0.39, 0.29) is 6.04 Å². The Balaban J connectivity index is 1.95. The standard InChI is InChI=1S/C12H15F3N2OS/c1-7-16-11-8(3-2-4-9(11)19-7)17-10(18)5-6-12(13,14)15/h8H,2-6H2,1H3,(H,17,18). The Morgan fingerprint density at radius 1 is 1.53 bits per heavy atom. The van der Waals surface area contributed by atoms with Crippen LogP contribution in [0.5, 0.6) is 0 Å². The Bertz CT molecular complexity index is 470. The second kappa shape index (κ2) is 5.48. The minimum atomic E-state index is -4.29. The molecule has 7 heteroatoms. The summed E-state index contributed by atoms with van der Waals surface area (Å²) in [6.45, 7) is 1.89. The highest BCUT2D eigenvalue weighted by molar-refractivity contribution is 7.11. The average molecular weight is 292 g/mol. The zero-order valence-corrected chi connectivity index (χ0v) is 11.3. The third-order valence-electron chi connectivity index (χ3n) is 3.03. The summed E-state index contributed by atoms with van der Waals surface area (Å²) in [6, 6.07) is -0.227. The van der Waals surface area contributed by atoms with Crippen LogP contribution in [0, 0.1) is 6.92 Å². The van der Waals surface area contributed by atoms with Gasteiger partial charge in [-0.2, -0.15) is 13.2 Å². The number of hydrogen-bond donors (Lipinski definition) is 1. The highest BCUT2D eigenvalue weighted by atomic mass is 32.1. The summed E-state index contributed by atoms with van der Waals surface area (Å²) in [5.41, 5.74) is 0.842. The molecule has 1 aliphatic rings. The lowest BCUT2D eigenvalue weighted by atomic mass is 9.97. The van der Waals surface area contributed by atoms with Crippen molar-refractivity contribution in [1.29, 1.82) is 0 Å². The molecular weight excluding hydrogens is 277 g/mol. The van der Waals surface area contributed by atoms with E-state index in [1.165, 1.54) is 0 Å². The second-order valence-electron chi connectivity index (χ2n) is 4.67. The maximum Gasteiger partial charge on any atom is 0.389 e. The van der Waals surface area contributed by atoms with Crippen LogP contribution in [0.2, 0.25) is 0 Å². The second-order valence-corrected chi connectivity index (χ2v) is 5.96. The van der Waals surface area contributed by atoms with E-state index in [2.05, 4.69) is 10.3 Å². The van der Waals surface area contributed by atoms with Gasteiger partial charge in [-0.25, -0.2) is 4.98 Å². The smallest absolute Gasteiger partial charge is 0.348 e. The molecule has 1 aliphatic carbocycles. The summed E-state index contributed by atoms with van der Waals surface area (Å²) >= 11 is 1.60. The Morgan fingerprint density at radius 3 is 2.95 bits per heavy atom. The van der Waals surface area contributed by atoms with Crippen molar-refractivity contribution >= 4 is 17.2 Å². The first-order valence-corrected chi connectivity index (χ1v) is 6.99. The summed E-state index contributed by atoms with van der Waals surface area (Å²) in [6.07, 6.45) is -3.26. The lowest BCUT2D eigenvalue weighted by Crippen LogP contribution is -2.31. The van der Waals surface area contributed by atoms with Crippen LogP contribution in [0.3, 0.4) is 0 Å². The van der Waals surface area contributed by atoms with Gasteiger partial charge in [0.25, 0.3) is 0 Å². The molecule has 1 heterocycles. The molecule has 3 nitrogen and oxygen atoms in total. The number of carbonyl (C=O) groups excluding carboxylic acids is 1. The molecule has 1 atom stereocenters. The number of aryl methyl sites for hydroxylation is 2. The fourth-order valence-electron chi connectivity index (χ4n) is 2.20. The molecule has 0 aromatic carbocycles. The summed E-state index contributed by atoms with van der Waals surface area (Å²) < 4.78 is 36.1. The van der Waals surface area contributed by atoms with Crippen LogP contribution in [0.25, 0.3) is 0 Å². The summed E-state index contributed by atoms with van der Waals surface area (Å²) in [5.74, 6) is -0.555. The normalized spacial score (nSPS) is 19.1. The molecule has 1 aromatic rings. The van der Waals surface area contributed by atoms with Crippen molar-refractivity contribution in [2.75, 3.05) is 0 Å². The molecule has 1 N–H and O–H groups in total. The molecule has 0 saturated heterocycles. The molecule has 0 bridgehead atoms. The van der Waals surface area contributed by atoms with Gasteiger partial charge in [-0.1, -0.05) is 0 Å². The van der Waals surface area contributed by atoms with Crippen LogP contribution < -0.4 is 5.32 Å². The molecule has 1 unspecified atom stereocenters. The van der Waals surface area contributed by atoms with Gasteiger partial charge in [-0.05, 0) is 26.2 Å². The predicted octanol–water partition coefficient (Wildman–Crippen LogP) is 3.29. The Hall–Kier alpha value is -1.11. The van der Waals surface area contributed by atoms with Crippen LogP contribution >= 0.6 is 11.3 Å². The van der Waals surface area contributed by atoms with Crippen LogP contribution in [-0.4, -0.2) is 17.1 Å². The number of nitrogens with one attached hydrogen (secondary N) is 1. The lowest BCUT2D eigenvalue weighted by Gasteiger charge is -2.22. The van der Waals surface area contributed by atoms with Crippen molar-refractivity contribution < 1.29 is 18.0 Å². The van der Waals surface area contributed by atoms with Gasteiger partial charge >= 0.3 is 6.18 Å². The van der Waals surface area contributed by atoms with Crippen molar-refractivity contribution in [2.45, 2.75) is 51.2 Å². The number of thiazole rings is 1.